The van der Waals surface area contributed by atoms with Crippen LogP contribution in [0.25, 0.3) is 0 Å². The first kappa shape index (κ1) is 17.0. The highest BCUT2D eigenvalue weighted by Crippen LogP contribution is 2.17. The van der Waals surface area contributed by atoms with Gasteiger partial charge in [0.1, 0.15) is 17.3 Å². The summed E-state index contributed by atoms with van der Waals surface area (Å²) in [6.45, 7) is 3.86. The molecule has 1 aromatic carbocycles. The summed E-state index contributed by atoms with van der Waals surface area (Å²) in [6.07, 6.45) is 0.222. The molecule has 21 heavy (non-hydrogen) atoms. The Hall–Kier alpha value is -2.02. The van der Waals surface area contributed by atoms with E-state index in [1.807, 2.05) is 13.8 Å². The summed E-state index contributed by atoms with van der Waals surface area (Å²) in [6, 6.07) is 3.39. The molecule has 0 aliphatic carbocycles. The fourth-order valence-corrected chi connectivity index (χ4v) is 1.60. The number of halogens is 2. The SMILES string of the molecule is CC(C)NC(=O)CCNCC(=O)Nc1c(F)cccc1F. The van der Waals surface area contributed by atoms with E-state index in [1.165, 1.54) is 6.07 Å². The van der Waals surface area contributed by atoms with E-state index in [4.69, 9.17) is 0 Å². The van der Waals surface area contributed by atoms with E-state index < -0.39 is 23.2 Å². The Balaban J connectivity index is 2.30. The molecular formula is C14H19F2N3O2. The van der Waals surface area contributed by atoms with Gasteiger partial charge in [0.2, 0.25) is 11.8 Å². The van der Waals surface area contributed by atoms with Crippen LogP contribution in [0.2, 0.25) is 0 Å². The number of benzene rings is 1. The summed E-state index contributed by atoms with van der Waals surface area (Å²) >= 11 is 0. The van der Waals surface area contributed by atoms with E-state index in [0.29, 0.717) is 6.54 Å². The smallest absolute Gasteiger partial charge is 0.238 e. The predicted octanol–water partition coefficient (Wildman–Crippen LogP) is 1.41. The quantitative estimate of drug-likeness (QED) is 0.667. The van der Waals surface area contributed by atoms with E-state index in [0.717, 1.165) is 12.1 Å². The van der Waals surface area contributed by atoms with E-state index in [9.17, 15) is 18.4 Å². The van der Waals surface area contributed by atoms with E-state index in [2.05, 4.69) is 16.0 Å². The normalized spacial score (nSPS) is 10.5. The molecule has 7 heteroatoms. The van der Waals surface area contributed by atoms with E-state index in [-0.39, 0.29) is 24.9 Å². The second-order valence-corrected chi connectivity index (χ2v) is 4.79. The van der Waals surface area contributed by atoms with Gasteiger partial charge in [-0.25, -0.2) is 8.78 Å². The van der Waals surface area contributed by atoms with E-state index in [1.54, 1.807) is 0 Å². The maximum absolute atomic E-state index is 13.3. The number of para-hydroxylation sites is 1. The zero-order valence-corrected chi connectivity index (χ0v) is 12.0. The lowest BCUT2D eigenvalue weighted by Crippen LogP contribution is -2.34. The number of carbonyl (C=O) groups excluding carboxylic acids is 2. The minimum atomic E-state index is -0.834. The second kappa shape index (κ2) is 8.31. The van der Waals surface area contributed by atoms with Crippen molar-refractivity contribution in [1.82, 2.24) is 10.6 Å². The lowest BCUT2D eigenvalue weighted by atomic mass is 10.3. The first-order valence-corrected chi connectivity index (χ1v) is 6.64. The first-order chi connectivity index (χ1) is 9.90. The molecule has 0 spiro atoms. The highest BCUT2D eigenvalue weighted by atomic mass is 19.1. The van der Waals surface area contributed by atoms with Crippen molar-refractivity contribution in [3.8, 4) is 0 Å². The van der Waals surface area contributed by atoms with E-state index >= 15 is 0 Å². The summed E-state index contributed by atoms with van der Waals surface area (Å²) in [5.41, 5.74) is -0.471. The zero-order valence-electron chi connectivity index (χ0n) is 12.0. The highest BCUT2D eigenvalue weighted by Gasteiger charge is 2.11. The van der Waals surface area contributed by atoms with Gasteiger partial charge < -0.3 is 16.0 Å². The van der Waals surface area contributed by atoms with Crippen molar-refractivity contribution in [3.63, 3.8) is 0 Å². The summed E-state index contributed by atoms with van der Waals surface area (Å²) in [5, 5.41) is 7.58. The Labute approximate surface area is 122 Å². The van der Waals surface area contributed by atoms with Crippen LogP contribution < -0.4 is 16.0 Å². The van der Waals surface area contributed by atoms with Crippen molar-refractivity contribution in [3.05, 3.63) is 29.8 Å². The molecule has 1 rings (SSSR count). The Morgan fingerprint density at radius 1 is 1.14 bits per heavy atom. The summed E-state index contributed by atoms with van der Waals surface area (Å²) < 4.78 is 26.6. The number of rotatable bonds is 7. The Morgan fingerprint density at radius 3 is 2.33 bits per heavy atom. The van der Waals surface area contributed by atoms with Crippen molar-refractivity contribution in [2.75, 3.05) is 18.4 Å². The van der Waals surface area contributed by atoms with Crippen LogP contribution >= 0.6 is 0 Å². The molecule has 2 amide bonds. The predicted molar refractivity (Wildman–Crippen MR) is 75.8 cm³/mol. The minimum Gasteiger partial charge on any atom is -0.354 e. The van der Waals surface area contributed by atoms with Gasteiger partial charge in [0.25, 0.3) is 0 Å². The van der Waals surface area contributed by atoms with Crippen LogP contribution in [0.4, 0.5) is 14.5 Å². The van der Waals surface area contributed by atoms with Gasteiger partial charge >= 0.3 is 0 Å². The molecule has 0 saturated heterocycles. The lowest BCUT2D eigenvalue weighted by molar-refractivity contribution is -0.121. The molecular weight excluding hydrogens is 280 g/mol. The minimum absolute atomic E-state index is 0.0600. The topological polar surface area (TPSA) is 70.2 Å². The van der Waals surface area contributed by atoms with Crippen molar-refractivity contribution in [1.29, 1.82) is 0 Å². The number of amides is 2. The van der Waals surface area contributed by atoms with Gasteiger partial charge in [-0.15, -0.1) is 0 Å². The highest BCUT2D eigenvalue weighted by molar-refractivity contribution is 5.92. The Bertz CT molecular complexity index is 487. The molecule has 0 heterocycles. The molecule has 0 aromatic heterocycles. The van der Waals surface area contributed by atoms with Gasteiger partial charge in [-0.1, -0.05) is 6.07 Å². The zero-order chi connectivity index (χ0) is 15.8. The van der Waals surface area contributed by atoms with Crippen LogP contribution in [0, 0.1) is 11.6 Å². The van der Waals surface area contributed by atoms with Crippen LogP contribution in [-0.2, 0) is 9.59 Å². The summed E-state index contributed by atoms with van der Waals surface area (Å²) in [5.74, 6) is -2.37. The average Bonchev–Trinajstić information content (AvgIpc) is 2.38. The Morgan fingerprint density at radius 2 is 1.76 bits per heavy atom. The van der Waals surface area contributed by atoms with Crippen molar-refractivity contribution < 1.29 is 18.4 Å². The third kappa shape index (κ3) is 6.31. The Kier molecular flexibility index (Phi) is 6.74. The molecule has 1 aromatic rings. The fourth-order valence-electron chi connectivity index (χ4n) is 1.60. The standard InChI is InChI=1S/C14H19F2N3O2/c1-9(2)18-12(20)6-7-17-8-13(21)19-14-10(15)4-3-5-11(14)16/h3-5,9,17H,6-8H2,1-2H3,(H,18,20)(H,19,21). The third-order valence-electron chi connectivity index (χ3n) is 2.49. The lowest BCUT2D eigenvalue weighted by Gasteiger charge is -2.10. The number of anilines is 1. The molecule has 3 N–H and O–H groups in total. The van der Waals surface area contributed by atoms with Gasteiger partial charge in [-0.05, 0) is 26.0 Å². The molecule has 0 aliphatic rings. The van der Waals surface area contributed by atoms with Crippen LogP contribution in [0.5, 0.6) is 0 Å². The third-order valence-corrected chi connectivity index (χ3v) is 2.49. The maximum atomic E-state index is 13.3. The molecule has 0 saturated carbocycles. The molecule has 0 bridgehead atoms. The fraction of sp³-hybridized carbons (Fsp3) is 0.429. The van der Waals surface area contributed by atoms with Crippen LogP contribution in [0.15, 0.2) is 18.2 Å². The van der Waals surface area contributed by atoms with Crippen molar-refractivity contribution in [2.45, 2.75) is 26.3 Å². The molecule has 0 unspecified atom stereocenters. The van der Waals surface area contributed by atoms with Crippen LogP contribution in [0.1, 0.15) is 20.3 Å². The molecule has 5 nitrogen and oxygen atoms in total. The number of hydrogen-bond acceptors (Lipinski definition) is 3. The average molecular weight is 299 g/mol. The number of hydrogen-bond donors (Lipinski definition) is 3. The number of nitrogens with one attached hydrogen (secondary N) is 3. The van der Waals surface area contributed by atoms with Crippen molar-refractivity contribution >= 4 is 17.5 Å². The van der Waals surface area contributed by atoms with Gasteiger partial charge in [-0.3, -0.25) is 9.59 Å². The summed E-state index contributed by atoms with van der Waals surface area (Å²) in [4.78, 5) is 22.9. The molecule has 0 atom stereocenters. The monoisotopic (exact) mass is 299 g/mol. The van der Waals surface area contributed by atoms with Crippen LogP contribution in [0.3, 0.4) is 0 Å². The molecule has 116 valence electrons. The van der Waals surface area contributed by atoms with Gasteiger partial charge in [0, 0.05) is 19.0 Å². The van der Waals surface area contributed by atoms with Gasteiger partial charge in [0.05, 0.1) is 6.54 Å². The molecule has 0 aliphatic heterocycles. The maximum Gasteiger partial charge on any atom is 0.238 e. The second-order valence-electron chi connectivity index (χ2n) is 4.79. The van der Waals surface area contributed by atoms with Gasteiger partial charge in [0.15, 0.2) is 0 Å². The molecule has 0 fully saturated rings. The van der Waals surface area contributed by atoms with Crippen LogP contribution in [-0.4, -0.2) is 30.9 Å². The first-order valence-electron chi connectivity index (χ1n) is 6.64. The summed E-state index contributed by atoms with van der Waals surface area (Å²) in [7, 11) is 0. The van der Waals surface area contributed by atoms with Gasteiger partial charge in [-0.2, -0.15) is 0 Å². The van der Waals surface area contributed by atoms with Crippen molar-refractivity contribution in [2.24, 2.45) is 0 Å². The largest absolute Gasteiger partial charge is 0.354 e. The molecule has 0 radical (unpaired) electrons. The number of carbonyl (C=O) groups is 2.